The van der Waals surface area contributed by atoms with Crippen molar-refractivity contribution in [1.82, 2.24) is 4.90 Å². The van der Waals surface area contributed by atoms with E-state index < -0.39 is 10.0 Å². The van der Waals surface area contributed by atoms with Gasteiger partial charge in [0, 0.05) is 37.4 Å². The van der Waals surface area contributed by atoms with Gasteiger partial charge in [0.1, 0.15) is 16.5 Å². The highest BCUT2D eigenvalue weighted by Gasteiger charge is 2.34. The highest BCUT2D eigenvalue weighted by atomic mass is 32.2. The van der Waals surface area contributed by atoms with Crippen LogP contribution >= 0.6 is 0 Å². The third-order valence-corrected chi connectivity index (χ3v) is 6.66. The predicted octanol–water partition coefficient (Wildman–Crippen LogP) is 2.99. The van der Waals surface area contributed by atoms with Crippen LogP contribution in [0.5, 0.6) is 5.75 Å². The average molecular weight is 398 g/mol. The fourth-order valence-corrected chi connectivity index (χ4v) is 5.22. The van der Waals surface area contributed by atoms with E-state index >= 15 is 0 Å². The maximum Gasteiger partial charge on any atom is 0.285 e. The normalized spacial score (nSPS) is 19.0. The Morgan fingerprint density at radius 3 is 2.11 bits per heavy atom. The molecule has 2 heterocycles. The lowest BCUT2D eigenvalue weighted by atomic mass is 10.1. The summed E-state index contributed by atoms with van der Waals surface area (Å²) >= 11 is 0. The van der Waals surface area contributed by atoms with Crippen molar-refractivity contribution in [2.45, 2.75) is 6.92 Å². The quantitative estimate of drug-likeness (QED) is 0.797. The molecule has 2 aromatic carbocycles. The average Bonchev–Trinajstić information content (AvgIpc) is 2.97. The molecule has 0 unspecified atom stereocenters. The number of hydrogen-bond acceptors (Lipinski definition) is 5. The Labute approximate surface area is 165 Å². The number of methoxy groups -OCH3 is 1. The fourth-order valence-electron chi connectivity index (χ4n) is 3.74. The van der Waals surface area contributed by atoms with Gasteiger partial charge < -0.3 is 14.5 Å². The molecule has 4 rings (SSSR count). The lowest BCUT2D eigenvalue weighted by molar-refractivity contribution is 0.387. The van der Waals surface area contributed by atoms with Crippen molar-refractivity contribution in [3.8, 4) is 5.75 Å². The number of sulfonamides is 1. The van der Waals surface area contributed by atoms with Crippen LogP contribution in [0.3, 0.4) is 0 Å². The second kappa shape index (κ2) is 7.31. The molecule has 2 aromatic rings. The molecule has 0 bridgehead atoms. The van der Waals surface area contributed by atoms with E-state index in [9.17, 15) is 8.42 Å². The van der Waals surface area contributed by atoms with Crippen LogP contribution in [0.15, 0.2) is 64.6 Å². The van der Waals surface area contributed by atoms with Crippen molar-refractivity contribution in [3.05, 3.63) is 65.7 Å². The topological polar surface area (TPSA) is 62.2 Å². The van der Waals surface area contributed by atoms with Gasteiger partial charge in [0.25, 0.3) is 10.0 Å². The zero-order chi connectivity index (χ0) is 19.7. The maximum atomic E-state index is 12.8. The van der Waals surface area contributed by atoms with Crippen molar-refractivity contribution in [2.24, 2.45) is 4.40 Å². The van der Waals surface area contributed by atoms with E-state index in [1.165, 1.54) is 5.69 Å². The first-order chi connectivity index (χ1) is 13.5. The van der Waals surface area contributed by atoms with E-state index in [4.69, 9.17) is 4.74 Å². The first kappa shape index (κ1) is 18.6. The Kier molecular flexibility index (Phi) is 4.85. The number of hydrogen-bond donors (Lipinski definition) is 0. The third-order valence-electron chi connectivity index (χ3n) is 5.19. The number of rotatable bonds is 3. The maximum absolute atomic E-state index is 12.8. The molecule has 7 heteroatoms. The molecular weight excluding hydrogens is 374 g/mol. The van der Waals surface area contributed by atoms with Crippen LogP contribution in [0, 0.1) is 0 Å². The van der Waals surface area contributed by atoms with Gasteiger partial charge in [0.05, 0.1) is 7.11 Å². The number of anilines is 1. The molecule has 6 nitrogen and oxygen atoms in total. The van der Waals surface area contributed by atoms with E-state index in [0.29, 0.717) is 22.7 Å². The summed E-state index contributed by atoms with van der Waals surface area (Å²) in [4.78, 5) is 4.67. The summed E-state index contributed by atoms with van der Waals surface area (Å²) in [6, 6.07) is 17.3. The van der Waals surface area contributed by atoms with Crippen LogP contribution < -0.4 is 9.64 Å². The van der Waals surface area contributed by atoms with Crippen LogP contribution in [0.4, 0.5) is 5.69 Å². The van der Waals surface area contributed by atoms with Gasteiger partial charge >= 0.3 is 0 Å². The Morgan fingerprint density at radius 1 is 0.893 bits per heavy atom. The molecule has 2 aliphatic rings. The van der Waals surface area contributed by atoms with E-state index in [1.807, 2.05) is 25.1 Å². The number of nitrogens with zero attached hydrogens (tertiary/aromatic N) is 3. The Balaban J connectivity index is 1.56. The summed E-state index contributed by atoms with van der Waals surface area (Å²) in [6.07, 6.45) is 0. The minimum Gasteiger partial charge on any atom is -0.497 e. The molecule has 1 fully saturated rings. The van der Waals surface area contributed by atoms with Crippen LogP contribution in [0.2, 0.25) is 0 Å². The smallest absolute Gasteiger partial charge is 0.285 e. The van der Waals surface area contributed by atoms with Gasteiger partial charge in [-0.15, -0.1) is 4.40 Å². The van der Waals surface area contributed by atoms with Gasteiger partial charge in [-0.25, -0.2) is 0 Å². The molecular formula is C21H23N3O3S. The highest BCUT2D eigenvalue weighted by Crippen LogP contribution is 2.34. The van der Waals surface area contributed by atoms with Crippen molar-refractivity contribution in [3.63, 3.8) is 0 Å². The first-order valence-electron chi connectivity index (χ1n) is 9.25. The number of ether oxygens (including phenoxy) is 1. The molecule has 28 heavy (non-hydrogen) atoms. The zero-order valence-corrected chi connectivity index (χ0v) is 16.8. The Hall–Kier alpha value is -2.80. The number of benzene rings is 2. The number of piperazine rings is 1. The molecule has 1 saturated heterocycles. The van der Waals surface area contributed by atoms with E-state index in [-0.39, 0.29) is 4.91 Å². The molecule has 0 saturated carbocycles. The molecule has 0 amide bonds. The van der Waals surface area contributed by atoms with E-state index in [1.54, 1.807) is 31.4 Å². The summed E-state index contributed by atoms with van der Waals surface area (Å²) in [5.74, 6) is 1.26. The first-order valence-corrected chi connectivity index (χ1v) is 10.7. The second-order valence-corrected chi connectivity index (χ2v) is 8.42. The van der Waals surface area contributed by atoms with E-state index in [2.05, 4.69) is 26.3 Å². The van der Waals surface area contributed by atoms with Crippen molar-refractivity contribution in [1.29, 1.82) is 0 Å². The lowest BCUT2D eigenvalue weighted by Gasteiger charge is -2.37. The van der Waals surface area contributed by atoms with Crippen LogP contribution in [-0.2, 0) is 10.0 Å². The van der Waals surface area contributed by atoms with Gasteiger partial charge in [-0.2, -0.15) is 8.42 Å². The minimum atomic E-state index is -3.70. The van der Waals surface area contributed by atoms with Gasteiger partial charge in [-0.3, -0.25) is 0 Å². The third kappa shape index (κ3) is 3.38. The molecule has 2 aliphatic heterocycles. The zero-order valence-electron chi connectivity index (χ0n) is 16.0. The molecule has 0 atom stereocenters. The molecule has 0 N–H and O–H groups in total. The summed E-state index contributed by atoms with van der Waals surface area (Å²) in [6.45, 7) is 4.96. The van der Waals surface area contributed by atoms with Gasteiger partial charge in [0.2, 0.25) is 0 Å². The Bertz CT molecular complexity index is 1020. The number of amidine groups is 1. The summed E-state index contributed by atoms with van der Waals surface area (Å²) < 4.78 is 34.8. The van der Waals surface area contributed by atoms with Crippen molar-refractivity contribution < 1.29 is 13.2 Å². The summed E-state index contributed by atoms with van der Waals surface area (Å²) in [5.41, 5.74) is 2.53. The summed E-state index contributed by atoms with van der Waals surface area (Å²) in [7, 11) is -2.12. The standard InChI is InChI=1S/C21H23N3O3S/c1-16-20(17-8-10-19(27-2)11-9-17)28(25,26)22-21(16)24-14-12-23(13-15-24)18-6-4-3-5-7-18/h3-11H,12-15H2,1-2H3. The molecule has 0 radical (unpaired) electrons. The lowest BCUT2D eigenvalue weighted by Crippen LogP contribution is -2.48. The molecule has 146 valence electrons. The Morgan fingerprint density at radius 2 is 1.50 bits per heavy atom. The second-order valence-electron chi connectivity index (χ2n) is 6.88. The highest BCUT2D eigenvalue weighted by molar-refractivity contribution is 8.00. The van der Waals surface area contributed by atoms with Gasteiger partial charge in [-0.1, -0.05) is 18.2 Å². The van der Waals surface area contributed by atoms with Crippen molar-refractivity contribution in [2.75, 3.05) is 38.2 Å². The van der Waals surface area contributed by atoms with Crippen molar-refractivity contribution >= 4 is 26.5 Å². The minimum absolute atomic E-state index is 0.288. The molecule has 0 aromatic heterocycles. The monoisotopic (exact) mass is 397 g/mol. The van der Waals surface area contributed by atoms with Crippen LogP contribution in [0.1, 0.15) is 12.5 Å². The SMILES string of the molecule is COc1ccc(C2=C(C)C(N3CCN(c4ccccc4)CC3)=NS2(=O)=O)cc1. The van der Waals surface area contributed by atoms with Crippen LogP contribution in [0.25, 0.3) is 4.91 Å². The summed E-state index contributed by atoms with van der Waals surface area (Å²) in [5, 5.41) is 0. The van der Waals surface area contributed by atoms with Crippen LogP contribution in [-0.4, -0.2) is 52.4 Å². The van der Waals surface area contributed by atoms with Gasteiger partial charge in [-0.05, 0) is 48.9 Å². The van der Waals surface area contributed by atoms with E-state index in [0.717, 1.165) is 26.2 Å². The largest absolute Gasteiger partial charge is 0.497 e. The molecule has 0 spiro atoms. The molecule has 0 aliphatic carbocycles. The number of para-hydroxylation sites is 1. The van der Waals surface area contributed by atoms with Gasteiger partial charge in [0.15, 0.2) is 0 Å². The fraction of sp³-hybridized carbons (Fsp3) is 0.286. The predicted molar refractivity (Wildman–Crippen MR) is 112 cm³/mol.